The van der Waals surface area contributed by atoms with Gasteiger partial charge in [-0.3, -0.25) is 4.79 Å². The van der Waals surface area contributed by atoms with Gasteiger partial charge in [0, 0.05) is 12.0 Å². The molecule has 23 heavy (non-hydrogen) atoms. The third-order valence-electron chi connectivity index (χ3n) is 3.92. The zero-order chi connectivity index (χ0) is 15.6. The second kappa shape index (κ2) is 5.68. The van der Waals surface area contributed by atoms with Crippen molar-refractivity contribution in [1.82, 2.24) is 20.2 Å². The van der Waals surface area contributed by atoms with E-state index in [0.717, 1.165) is 42.7 Å². The Morgan fingerprint density at radius 3 is 2.87 bits per heavy atom. The van der Waals surface area contributed by atoms with E-state index >= 15 is 0 Å². The zero-order valence-corrected chi connectivity index (χ0v) is 12.4. The van der Waals surface area contributed by atoms with Gasteiger partial charge in [0.2, 0.25) is 0 Å². The molecular weight excluding hydrogens is 294 g/mol. The maximum atomic E-state index is 12.4. The van der Waals surface area contributed by atoms with Crippen LogP contribution in [-0.4, -0.2) is 26.1 Å². The first-order valence-electron chi connectivity index (χ1n) is 7.58. The molecule has 0 radical (unpaired) electrons. The standard InChI is InChI=1S/C16H15N5O2/c22-16(15-12-8-4-5-9-13(12)23-19-15)17-14-10-21(20-18-14)11-6-2-1-3-7-11/h1-3,6-7,10H,4-5,8-9H2,(H,17,22). The van der Waals surface area contributed by atoms with Crippen LogP contribution < -0.4 is 5.32 Å². The quantitative estimate of drug-likeness (QED) is 0.803. The van der Waals surface area contributed by atoms with E-state index < -0.39 is 0 Å². The number of amides is 1. The number of aryl methyl sites for hydroxylation is 1. The Morgan fingerprint density at radius 1 is 1.17 bits per heavy atom. The SMILES string of the molecule is O=C(Nc1cn(-c2ccccc2)nn1)c1noc2c1CCCC2. The van der Waals surface area contributed by atoms with Crippen molar-refractivity contribution in [2.24, 2.45) is 0 Å². The number of aromatic nitrogens is 4. The molecule has 116 valence electrons. The molecule has 0 bridgehead atoms. The highest BCUT2D eigenvalue weighted by Crippen LogP contribution is 2.24. The summed E-state index contributed by atoms with van der Waals surface area (Å²) in [6.45, 7) is 0. The number of hydrogen-bond donors (Lipinski definition) is 1. The van der Waals surface area contributed by atoms with Gasteiger partial charge in [0.15, 0.2) is 11.5 Å². The lowest BCUT2D eigenvalue weighted by atomic mass is 9.96. The number of carbonyl (C=O) groups is 1. The van der Waals surface area contributed by atoms with Gasteiger partial charge in [-0.25, -0.2) is 4.68 Å². The van der Waals surface area contributed by atoms with E-state index in [1.807, 2.05) is 30.3 Å². The molecule has 0 saturated heterocycles. The Labute approximate surface area is 132 Å². The maximum Gasteiger partial charge on any atom is 0.279 e. The van der Waals surface area contributed by atoms with Gasteiger partial charge < -0.3 is 9.84 Å². The van der Waals surface area contributed by atoms with Gasteiger partial charge in [-0.05, 0) is 31.4 Å². The summed E-state index contributed by atoms with van der Waals surface area (Å²) < 4.78 is 6.87. The number of carbonyl (C=O) groups excluding carboxylic acids is 1. The fourth-order valence-electron chi connectivity index (χ4n) is 2.77. The van der Waals surface area contributed by atoms with Gasteiger partial charge in [-0.1, -0.05) is 28.6 Å². The molecule has 2 heterocycles. The van der Waals surface area contributed by atoms with Gasteiger partial charge >= 0.3 is 0 Å². The minimum Gasteiger partial charge on any atom is -0.360 e. The Hall–Kier alpha value is -2.96. The van der Waals surface area contributed by atoms with Crippen LogP contribution in [0.25, 0.3) is 5.69 Å². The maximum absolute atomic E-state index is 12.4. The Balaban J connectivity index is 1.53. The lowest BCUT2D eigenvalue weighted by Gasteiger charge is -2.08. The summed E-state index contributed by atoms with van der Waals surface area (Å²) in [7, 11) is 0. The monoisotopic (exact) mass is 309 g/mol. The number of benzene rings is 1. The van der Waals surface area contributed by atoms with E-state index in [2.05, 4.69) is 20.8 Å². The molecule has 1 aromatic carbocycles. The van der Waals surface area contributed by atoms with Crippen molar-refractivity contribution in [1.29, 1.82) is 0 Å². The van der Waals surface area contributed by atoms with Crippen LogP contribution in [0, 0.1) is 0 Å². The second-order valence-electron chi connectivity index (χ2n) is 5.48. The molecule has 1 aliphatic carbocycles. The zero-order valence-electron chi connectivity index (χ0n) is 12.4. The van der Waals surface area contributed by atoms with E-state index in [4.69, 9.17) is 4.52 Å². The fourth-order valence-corrected chi connectivity index (χ4v) is 2.77. The van der Waals surface area contributed by atoms with Crippen LogP contribution in [0.2, 0.25) is 0 Å². The largest absolute Gasteiger partial charge is 0.360 e. The van der Waals surface area contributed by atoms with Gasteiger partial charge in [0.05, 0.1) is 11.9 Å². The summed E-state index contributed by atoms with van der Waals surface area (Å²) in [6.07, 6.45) is 5.48. The molecule has 1 amide bonds. The third-order valence-corrected chi connectivity index (χ3v) is 3.92. The molecule has 0 saturated carbocycles. The Kier molecular flexibility index (Phi) is 3.38. The molecule has 7 nitrogen and oxygen atoms in total. The molecule has 7 heteroatoms. The van der Waals surface area contributed by atoms with Gasteiger partial charge in [-0.15, -0.1) is 5.10 Å². The molecule has 0 fully saturated rings. The first kappa shape index (κ1) is 13.7. The number of hydrogen-bond acceptors (Lipinski definition) is 5. The molecule has 0 spiro atoms. The van der Waals surface area contributed by atoms with Crippen molar-refractivity contribution in [3.05, 3.63) is 53.5 Å². The van der Waals surface area contributed by atoms with Gasteiger partial charge in [0.1, 0.15) is 5.76 Å². The van der Waals surface area contributed by atoms with E-state index in [0.29, 0.717) is 11.5 Å². The first-order chi connectivity index (χ1) is 11.3. The average molecular weight is 309 g/mol. The van der Waals surface area contributed by atoms with Gasteiger partial charge in [0.25, 0.3) is 5.91 Å². The summed E-state index contributed by atoms with van der Waals surface area (Å²) in [5.41, 5.74) is 2.15. The van der Waals surface area contributed by atoms with Crippen molar-refractivity contribution in [2.45, 2.75) is 25.7 Å². The summed E-state index contributed by atoms with van der Waals surface area (Å²) in [4.78, 5) is 12.4. The normalized spacial score (nSPS) is 13.6. The van der Waals surface area contributed by atoms with Crippen LogP contribution in [0.4, 0.5) is 5.82 Å². The third kappa shape index (κ3) is 2.61. The molecule has 0 atom stereocenters. The molecule has 3 aromatic rings. The molecule has 1 N–H and O–H groups in total. The highest BCUT2D eigenvalue weighted by Gasteiger charge is 2.24. The number of para-hydroxylation sites is 1. The van der Waals surface area contributed by atoms with Crippen LogP contribution in [0.1, 0.15) is 34.7 Å². The number of nitrogens with one attached hydrogen (secondary N) is 1. The van der Waals surface area contributed by atoms with Crippen molar-refractivity contribution in [2.75, 3.05) is 5.32 Å². The second-order valence-corrected chi connectivity index (χ2v) is 5.48. The van der Waals surface area contributed by atoms with Crippen molar-refractivity contribution in [3.8, 4) is 5.69 Å². The minimum absolute atomic E-state index is 0.308. The van der Waals surface area contributed by atoms with Crippen LogP contribution in [0.5, 0.6) is 0 Å². The fraction of sp³-hybridized carbons (Fsp3) is 0.250. The van der Waals surface area contributed by atoms with Crippen LogP contribution >= 0.6 is 0 Å². The predicted octanol–water partition coefficient (Wildman–Crippen LogP) is 2.39. The highest BCUT2D eigenvalue weighted by atomic mass is 16.5. The number of nitrogens with zero attached hydrogens (tertiary/aromatic N) is 4. The van der Waals surface area contributed by atoms with E-state index in [-0.39, 0.29) is 5.91 Å². The summed E-state index contributed by atoms with van der Waals surface area (Å²) in [5.74, 6) is 0.901. The Bertz CT molecular complexity index is 837. The lowest BCUT2D eigenvalue weighted by molar-refractivity contribution is 0.101. The predicted molar refractivity (Wildman–Crippen MR) is 82.5 cm³/mol. The van der Waals surface area contributed by atoms with E-state index in [1.165, 1.54) is 0 Å². The van der Waals surface area contributed by atoms with Crippen molar-refractivity contribution < 1.29 is 9.32 Å². The topological polar surface area (TPSA) is 85.8 Å². The molecule has 4 rings (SSSR count). The summed E-state index contributed by atoms with van der Waals surface area (Å²) in [6, 6.07) is 9.58. The first-order valence-corrected chi connectivity index (χ1v) is 7.58. The van der Waals surface area contributed by atoms with Crippen LogP contribution in [0.3, 0.4) is 0 Å². The van der Waals surface area contributed by atoms with E-state index in [1.54, 1.807) is 10.9 Å². The molecule has 2 aromatic heterocycles. The molecule has 0 aliphatic heterocycles. The summed E-state index contributed by atoms with van der Waals surface area (Å²) >= 11 is 0. The lowest BCUT2D eigenvalue weighted by Crippen LogP contribution is -2.15. The number of rotatable bonds is 3. The smallest absolute Gasteiger partial charge is 0.279 e. The number of anilines is 1. The highest BCUT2D eigenvalue weighted by molar-refractivity contribution is 6.03. The van der Waals surface area contributed by atoms with Gasteiger partial charge in [-0.2, -0.15) is 0 Å². The van der Waals surface area contributed by atoms with Crippen LogP contribution in [-0.2, 0) is 12.8 Å². The van der Waals surface area contributed by atoms with Crippen molar-refractivity contribution >= 4 is 11.7 Å². The summed E-state index contributed by atoms with van der Waals surface area (Å²) in [5, 5.41) is 14.6. The average Bonchev–Trinajstić information content (AvgIpc) is 3.22. The molecular formula is C16H15N5O2. The van der Waals surface area contributed by atoms with Crippen molar-refractivity contribution in [3.63, 3.8) is 0 Å². The van der Waals surface area contributed by atoms with Crippen LogP contribution in [0.15, 0.2) is 41.1 Å². The molecule has 0 unspecified atom stereocenters. The molecule has 1 aliphatic rings. The van der Waals surface area contributed by atoms with E-state index in [9.17, 15) is 4.79 Å². The number of fused-ring (bicyclic) bond motifs is 1. The Morgan fingerprint density at radius 2 is 2.00 bits per heavy atom. The minimum atomic E-state index is -0.308.